The van der Waals surface area contributed by atoms with Gasteiger partial charge in [0, 0.05) is 31.1 Å². The quantitative estimate of drug-likeness (QED) is 0.740. The average Bonchev–Trinajstić information content (AvgIpc) is 2.53. The zero-order valence-electron chi connectivity index (χ0n) is 14.1. The fraction of sp³-hybridized carbons (Fsp3) is 0.529. The molecule has 1 N–H and O–H groups in total. The van der Waals surface area contributed by atoms with E-state index in [4.69, 9.17) is 16.3 Å². The summed E-state index contributed by atoms with van der Waals surface area (Å²) in [5, 5.41) is 3.41. The minimum Gasteiger partial charge on any atom is -0.383 e. The number of rotatable bonds is 8. The van der Waals surface area contributed by atoms with Gasteiger partial charge >= 0.3 is 0 Å². The first kappa shape index (κ1) is 19.5. The van der Waals surface area contributed by atoms with Crippen molar-refractivity contribution in [1.82, 2.24) is 10.2 Å². The molecule has 2 amide bonds. The maximum atomic E-state index is 12.5. The van der Waals surface area contributed by atoms with Gasteiger partial charge in [0.15, 0.2) is 0 Å². The molecule has 5 nitrogen and oxygen atoms in total. The summed E-state index contributed by atoms with van der Waals surface area (Å²) in [5.74, 6) is -0.434. The number of methoxy groups -OCH3 is 1. The van der Waals surface area contributed by atoms with E-state index in [0.29, 0.717) is 24.7 Å². The van der Waals surface area contributed by atoms with Crippen LogP contribution in [0, 0.1) is 5.92 Å². The van der Waals surface area contributed by atoms with Crippen LogP contribution in [0.4, 0.5) is 0 Å². The summed E-state index contributed by atoms with van der Waals surface area (Å²) in [6.45, 7) is 6.61. The van der Waals surface area contributed by atoms with Crippen molar-refractivity contribution < 1.29 is 14.3 Å². The van der Waals surface area contributed by atoms with Crippen molar-refractivity contribution in [3.8, 4) is 0 Å². The molecule has 0 unspecified atom stereocenters. The summed E-state index contributed by atoms with van der Waals surface area (Å²) < 4.78 is 4.92. The largest absolute Gasteiger partial charge is 0.383 e. The summed E-state index contributed by atoms with van der Waals surface area (Å²) in [6.07, 6.45) is 0. The molecular weight excluding hydrogens is 316 g/mol. The maximum absolute atomic E-state index is 12.5. The minimum absolute atomic E-state index is 0.0608. The normalized spacial score (nSPS) is 12.1. The van der Waals surface area contributed by atoms with Gasteiger partial charge in [-0.25, -0.2) is 0 Å². The first-order valence-corrected chi connectivity index (χ1v) is 8.06. The van der Waals surface area contributed by atoms with Crippen molar-refractivity contribution in [2.75, 3.05) is 20.3 Å². The number of ether oxygens (including phenoxy) is 1. The summed E-state index contributed by atoms with van der Waals surface area (Å²) in [7, 11) is 1.57. The van der Waals surface area contributed by atoms with Crippen LogP contribution in [-0.4, -0.2) is 43.0 Å². The van der Waals surface area contributed by atoms with E-state index in [1.54, 1.807) is 31.1 Å². The lowest BCUT2D eigenvalue weighted by molar-refractivity contribution is -0.143. The van der Waals surface area contributed by atoms with Gasteiger partial charge in [-0.15, -0.1) is 0 Å². The van der Waals surface area contributed by atoms with Gasteiger partial charge in [-0.3, -0.25) is 9.59 Å². The van der Waals surface area contributed by atoms with Crippen LogP contribution in [0.2, 0.25) is 5.02 Å². The standard InChI is InChI=1S/C17H25ClN2O3/c1-12(2)17(22)20(11-14-5-7-15(18)8-6-14)13(3)16(21)19-9-10-23-4/h5-8,12-13H,9-11H2,1-4H3,(H,19,21)/t13-/m0/s1. The lowest BCUT2D eigenvalue weighted by Crippen LogP contribution is -2.49. The number of nitrogens with one attached hydrogen (secondary N) is 1. The van der Waals surface area contributed by atoms with Crippen molar-refractivity contribution >= 4 is 23.4 Å². The Morgan fingerprint density at radius 3 is 2.35 bits per heavy atom. The van der Waals surface area contributed by atoms with Crippen molar-refractivity contribution in [3.05, 3.63) is 34.9 Å². The Labute approximate surface area is 142 Å². The number of carbonyl (C=O) groups is 2. The van der Waals surface area contributed by atoms with E-state index in [2.05, 4.69) is 5.32 Å². The minimum atomic E-state index is -0.558. The zero-order chi connectivity index (χ0) is 17.4. The van der Waals surface area contributed by atoms with Crippen molar-refractivity contribution in [3.63, 3.8) is 0 Å². The van der Waals surface area contributed by atoms with Crippen LogP contribution >= 0.6 is 11.6 Å². The van der Waals surface area contributed by atoms with Gasteiger partial charge in [0.25, 0.3) is 0 Å². The molecule has 0 aromatic heterocycles. The topological polar surface area (TPSA) is 58.6 Å². The second kappa shape index (κ2) is 9.53. The van der Waals surface area contributed by atoms with E-state index in [0.717, 1.165) is 5.56 Å². The van der Waals surface area contributed by atoms with Gasteiger partial charge in [0.1, 0.15) is 6.04 Å². The molecule has 6 heteroatoms. The number of hydrogen-bond donors (Lipinski definition) is 1. The van der Waals surface area contributed by atoms with Gasteiger partial charge in [0.05, 0.1) is 6.61 Å². The number of amides is 2. The van der Waals surface area contributed by atoms with Gasteiger partial charge in [-0.1, -0.05) is 37.6 Å². The molecule has 128 valence electrons. The van der Waals surface area contributed by atoms with Gasteiger partial charge < -0.3 is 15.0 Å². The molecule has 0 aliphatic carbocycles. The van der Waals surface area contributed by atoms with E-state index in [1.807, 2.05) is 26.0 Å². The van der Waals surface area contributed by atoms with E-state index in [-0.39, 0.29) is 17.7 Å². The van der Waals surface area contributed by atoms with E-state index >= 15 is 0 Å². The summed E-state index contributed by atoms with van der Waals surface area (Å²) in [5.41, 5.74) is 0.931. The molecule has 0 bridgehead atoms. The molecule has 0 heterocycles. The van der Waals surface area contributed by atoms with Crippen LogP contribution in [0.3, 0.4) is 0 Å². The Bertz CT molecular complexity index is 517. The average molecular weight is 341 g/mol. The molecule has 1 aromatic rings. The Morgan fingerprint density at radius 2 is 1.83 bits per heavy atom. The third-order valence-electron chi connectivity index (χ3n) is 3.50. The lowest BCUT2D eigenvalue weighted by atomic mass is 10.1. The van der Waals surface area contributed by atoms with Crippen LogP contribution in [0.25, 0.3) is 0 Å². The number of benzene rings is 1. The molecule has 1 aromatic carbocycles. The Hall–Kier alpha value is -1.59. The molecular formula is C17H25ClN2O3. The number of carbonyl (C=O) groups excluding carboxylic acids is 2. The molecule has 0 aliphatic rings. The summed E-state index contributed by atoms with van der Waals surface area (Å²) in [4.78, 5) is 26.3. The molecule has 1 atom stereocenters. The molecule has 1 rings (SSSR count). The third kappa shape index (κ3) is 6.20. The van der Waals surface area contributed by atoms with Crippen LogP contribution in [0.1, 0.15) is 26.3 Å². The second-order valence-electron chi connectivity index (χ2n) is 5.71. The molecule has 23 heavy (non-hydrogen) atoms. The Balaban J connectivity index is 2.84. The van der Waals surface area contributed by atoms with Gasteiger partial charge in [0.2, 0.25) is 11.8 Å². The van der Waals surface area contributed by atoms with E-state index in [9.17, 15) is 9.59 Å². The number of halogens is 1. The third-order valence-corrected chi connectivity index (χ3v) is 3.75. The highest BCUT2D eigenvalue weighted by Gasteiger charge is 2.27. The van der Waals surface area contributed by atoms with Crippen LogP contribution < -0.4 is 5.32 Å². The fourth-order valence-electron chi connectivity index (χ4n) is 2.09. The predicted molar refractivity (Wildman–Crippen MR) is 91.2 cm³/mol. The summed E-state index contributed by atoms with van der Waals surface area (Å²) >= 11 is 5.89. The number of nitrogens with zero attached hydrogens (tertiary/aromatic N) is 1. The maximum Gasteiger partial charge on any atom is 0.242 e. The zero-order valence-corrected chi connectivity index (χ0v) is 14.9. The molecule has 0 fully saturated rings. The van der Waals surface area contributed by atoms with Crippen molar-refractivity contribution in [1.29, 1.82) is 0 Å². The highest BCUT2D eigenvalue weighted by Crippen LogP contribution is 2.15. The second-order valence-corrected chi connectivity index (χ2v) is 6.14. The molecule has 0 spiro atoms. The number of hydrogen-bond acceptors (Lipinski definition) is 3. The highest BCUT2D eigenvalue weighted by atomic mass is 35.5. The molecule has 0 saturated heterocycles. The SMILES string of the molecule is COCCNC(=O)[C@H](C)N(Cc1ccc(Cl)cc1)C(=O)C(C)C. The van der Waals surface area contributed by atoms with Crippen LogP contribution in [0.15, 0.2) is 24.3 Å². The van der Waals surface area contributed by atoms with Gasteiger partial charge in [-0.2, -0.15) is 0 Å². The summed E-state index contributed by atoms with van der Waals surface area (Å²) in [6, 6.07) is 6.71. The van der Waals surface area contributed by atoms with Crippen LogP contribution in [0.5, 0.6) is 0 Å². The van der Waals surface area contributed by atoms with Crippen LogP contribution in [-0.2, 0) is 20.9 Å². The lowest BCUT2D eigenvalue weighted by Gasteiger charge is -2.30. The fourth-order valence-corrected chi connectivity index (χ4v) is 2.22. The van der Waals surface area contributed by atoms with Gasteiger partial charge in [-0.05, 0) is 24.6 Å². The van der Waals surface area contributed by atoms with Crippen molar-refractivity contribution in [2.24, 2.45) is 5.92 Å². The van der Waals surface area contributed by atoms with E-state index < -0.39 is 6.04 Å². The molecule has 0 saturated carbocycles. The van der Waals surface area contributed by atoms with E-state index in [1.165, 1.54) is 0 Å². The first-order chi connectivity index (χ1) is 10.9. The molecule has 0 radical (unpaired) electrons. The smallest absolute Gasteiger partial charge is 0.242 e. The highest BCUT2D eigenvalue weighted by molar-refractivity contribution is 6.30. The Morgan fingerprint density at radius 1 is 1.22 bits per heavy atom. The van der Waals surface area contributed by atoms with Crippen molar-refractivity contribution in [2.45, 2.75) is 33.4 Å². The first-order valence-electron chi connectivity index (χ1n) is 7.68. The molecule has 0 aliphatic heterocycles. The monoisotopic (exact) mass is 340 g/mol. The Kier molecular flexibility index (Phi) is 8.06. The predicted octanol–water partition coefficient (Wildman–Crippen LogP) is 2.48.